The standard InChI is InChI=1S/C24H20ClN3O3S/c1-14-4-3-5-20(15(14)2)30-13-22(29)28-24(32)26-18-10-11-21-19(12-18)27-23(31-21)16-6-8-17(25)9-7-16/h3-12H,13H2,1-2H3,(H2,26,28,29,32). The van der Waals surface area contributed by atoms with E-state index in [2.05, 4.69) is 15.6 Å². The molecule has 32 heavy (non-hydrogen) atoms. The second-order valence-electron chi connectivity index (χ2n) is 7.20. The number of aryl methyl sites for hydroxylation is 1. The molecule has 2 N–H and O–H groups in total. The van der Waals surface area contributed by atoms with Gasteiger partial charge in [0.15, 0.2) is 17.3 Å². The summed E-state index contributed by atoms with van der Waals surface area (Å²) >= 11 is 11.2. The second kappa shape index (κ2) is 9.38. The van der Waals surface area contributed by atoms with Crippen LogP contribution in [0.25, 0.3) is 22.6 Å². The van der Waals surface area contributed by atoms with Gasteiger partial charge in [0.05, 0.1) is 0 Å². The molecule has 0 radical (unpaired) electrons. The van der Waals surface area contributed by atoms with Crippen LogP contribution in [-0.2, 0) is 4.79 Å². The van der Waals surface area contributed by atoms with Gasteiger partial charge in [0, 0.05) is 16.3 Å². The third-order valence-corrected chi connectivity index (χ3v) is 5.36. The normalized spacial score (nSPS) is 10.7. The number of anilines is 1. The zero-order chi connectivity index (χ0) is 22.7. The van der Waals surface area contributed by atoms with Crippen molar-refractivity contribution >= 4 is 51.6 Å². The van der Waals surface area contributed by atoms with Crippen molar-refractivity contribution in [2.45, 2.75) is 13.8 Å². The number of fused-ring (bicyclic) bond motifs is 1. The van der Waals surface area contributed by atoms with Gasteiger partial charge in [-0.3, -0.25) is 10.1 Å². The van der Waals surface area contributed by atoms with Crippen molar-refractivity contribution in [2.75, 3.05) is 11.9 Å². The fourth-order valence-corrected chi connectivity index (χ4v) is 3.43. The molecule has 0 aliphatic rings. The molecule has 1 aromatic heterocycles. The number of halogens is 1. The molecule has 1 amide bonds. The SMILES string of the molecule is Cc1cccc(OCC(=O)NC(=S)Nc2ccc3oc(-c4ccc(Cl)cc4)nc3c2)c1C. The van der Waals surface area contributed by atoms with Gasteiger partial charge in [0.2, 0.25) is 5.89 Å². The molecule has 4 aromatic rings. The van der Waals surface area contributed by atoms with Crippen LogP contribution in [0.1, 0.15) is 11.1 Å². The fourth-order valence-electron chi connectivity index (χ4n) is 3.07. The Labute approximate surface area is 195 Å². The largest absolute Gasteiger partial charge is 0.483 e. The second-order valence-corrected chi connectivity index (χ2v) is 8.04. The van der Waals surface area contributed by atoms with Gasteiger partial charge in [-0.1, -0.05) is 23.7 Å². The highest BCUT2D eigenvalue weighted by Crippen LogP contribution is 2.27. The van der Waals surface area contributed by atoms with Gasteiger partial charge >= 0.3 is 0 Å². The Balaban J connectivity index is 1.37. The Hall–Kier alpha value is -3.42. The van der Waals surface area contributed by atoms with Crippen LogP contribution in [0.5, 0.6) is 5.75 Å². The molecule has 0 spiro atoms. The lowest BCUT2D eigenvalue weighted by molar-refractivity contribution is -0.121. The predicted molar refractivity (Wildman–Crippen MR) is 130 cm³/mol. The molecule has 6 nitrogen and oxygen atoms in total. The van der Waals surface area contributed by atoms with Crippen molar-refractivity contribution in [3.8, 4) is 17.2 Å². The smallest absolute Gasteiger partial charge is 0.264 e. The van der Waals surface area contributed by atoms with E-state index in [-0.39, 0.29) is 17.6 Å². The van der Waals surface area contributed by atoms with E-state index in [1.54, 1.807) is 30.3 Å². The van der Waals surface area contributed by atoms with E-state index in [1.807, 2.05) is 44.2 Å². The van der Waals surface area contributed by atoms with Crippen molar-refractivity contribution < 1.29 is 13.9 Å². The van der Waals surface area contributed by atoms with Crippen molar-refractivity contribution in [1.82, 2.24) is 10.3 Å². The van der Waals surface area contributed by atoms with Gasteiger partial charge in [0.1, 0.15) is 11.3 Å². The number of hydrogen-bond acceptors (Lipinski definition) is 5. The Morgan fingerprint density at radius 3 is 2.69 bits per heavy atom. The highest BCUT2D eigenvalue weighted by atomic mass is 35.5. The summed E-state index contributed by atoms with van der Waals surface area (Å²) in [6.45, 7) is 3.80. The lowest BCUT2D eigenvalue weighted by Gasteiger charge is -2.12. The molecule has 0 saturated carbocycles. The van der Waals surface area contributed by atoms with Crippen LogP contribution in [0.15, 0.2) is 65.1 Å². The molecule has 0 bridgehead atoms. The number of oxazole rings is 1. The van der Waals surface area contributed by atoms with E-state index in [4.69, 9.17) is 33.0 Å². The molecule has 0 saturated heterocycles. The molecule has 3 aromatic carbocycles. The van der Waals surface area contributed by atoms with E-state index in [0.717, 1.165) is 16.7 Å². The maximum absolute atomic E-state index is 12.2. The average Bonchev–Trinajstić information content (AvgIpc) is 3.18. The number of nitrogens with zero attached hydrogens (tertiary/aromatic N) is 1. The van der Waals surface area contributed by atoms with Crippen molar-refractivity contribution in [2.24, 2.45) is 0 Å². The van der Waals surface area contributed by atoms with Crippen LogP contribution in [-0.4, -0.2) is 22.6 Å². The van der Waals surface area contributed by atoms with E-state index >= 15 is 0 Å². The number of carbonyl (C=O) groups is 1. The molecule has 0 aliphatic carbocycles. The summed E-state index contributed by atoms with van der Waals surface area (Å²) in [6.07, 6.45) is 0. The highest BCUT2D eigenvalue weighted by molar-refractivity contribution is 7.80. The maximum Gasteiger partial charge on any atom is 0.264 e. The Bertz CT molecular complexity index is 1300. The van der Waals surface area contributed by atoms with Crippen LogP contribution in [0.3, 0.4) is 0 Å². The van der Waals surface area contributed by atoms with Crippen molar-refractivity contribution in [1.29, 1.82) is 0 Å². The first kappa shape index (κ1) is 21.8. The molecule has 162 valence electrons. The molecule has 0 aliphatic heterocycles. The molecule has 4 rings (SSSR count). The molecule has 0 atom stereocenters. The quantitative estimate of drug-likeness (QED) is 0.370. The van der Waals surface area contributed by atoms with Gasteiger partial charge < -0.3 is 14.5 Å². The third-order valence-electron chi connectivity index (χ3n) is 4.90. The fraction of sp³-hybridized carbons (Fsp3) is 0.125. The molecule has 0 unspecified atom stereocenters. The summed E-state index contributed by atoms with van der Waals surface area (Å²) in [4.78, 5) is 16.7. The number of carbonyl (C=O) groups excluding carboxylic acids is 1. The highest BCUT2D eigenvalue weighted by Gasteiger charge is 2.11. The number of amides is 1. The Kier molecular flexibility index (Phi) is 6.39. The monoisotopic (exact) mass is 465 g/mol. The van der Waals surface area contributed by atoms with Gasteiger partial charge in [-0.25, -0.2) is 4.98 Å². The minimum Gasteiger partial charge on any atom is -0.483 e. The predicted octanol–water partition coefficient (Wildman–Crippen LogP) is 5.66. The molecule has 1 heterocycles. The summed E-state index contributed by atoms with van der Waals surface area (Å²) in [5, 5.41) is 6.41. The van der Waals surface area contributed by atoms with Crippen LogP contribution >= 0.6 is 23.8 Å². The first-order valence-corrected chi connectivity index (χ1v) is 10.6. The zero-order valence-corrected chi connectivity index (χ0v) is 19.0. The minimum atomic E-state index is -0.351. The summed E-state index contributed by atoms with van der Waals surface area (Å²) < 4.78 is 11.4. The van der Waals surface area contributed by atoms with Gasteiger partial charge in [0.25, 0.3) is 5.91 Å². The van der Waals surface area contributed by atoms with Crippen molar-refractivity contribution in [3.63, 3.8) is 0 Å². The summed E-state index contributed by atoms with van der Waals surface area (Å²) in [5.41, 5.74) is 4.90. The molecular weight excluding hydrogens is 446 g/mol. The van der Waals surface area contributed by atoms with Crippen molar-refractivity contribution in [3.05, 3.63) is 76.8 Å². The molecule has 0 fully saturated rings. The Morgan fingerprint density at radius 2 is 1.91 bits per heavy atom. The Morgan fingerprint density at radius 1 is 1.12 bits per heavy atom. The number of hydrogen-bond donors (Lipinski definition) is 2. The lowest BCUT2D eigenvalue weighted by atomic mass is 10.1. The average molecular weight is 466 g/mol. The summed E-state index contributed by atoms with van der Waals surface area (Å²) in [6, 6.07) is 18.3. The number of aromatic nitrogens is 1. The van der Waals surface area contributed by atoms with E-state index in [9.17, 15) is 4.79 Å². The van der Waals surface area contributed by atoms with Crippen LogP contribution in [0, 0.1) is 13.8 Å². The van der Waals surface area contributed by atoms with Crippen LogP contribution in [0.2, 0.25) is 5.02 Å². The number of ether oxygens (including phenoxy) is 1. The van der Waals surface area contributed by atoms with E-state index in [1.165, 1.54) is 0 Å². The maximum atomic E-state index is 12.2. The number of benzene rings is 3. The van der Waals surface area contributed by atoms with Gasteiger partial charge in [-0.05, 0) is 85.7 Å². The van der Waals surface area contributed by atoms with E-state index in [0.29, 0.717) is 33.4 Å². The summed E-state index contributed by atoms with van der Waals surface area (Å²) in [5.74, 6) is 0.816. The first-order chi connectivity index (χ1) is 15.4. The number of thiocarbonyl (C=S) groups is 1. The summed E-state index contributed by atoms with van der Waals surface area (Å²) in [7, 11) is 0. The number of rotatable bonds is 5. The lowest BCUT2D eigenvalue weighted by Crippen LogP contribution is -2.37. The third kappa shape index (κ3) is 5.07. The van der Waals surface area contributed by atoms with Gasteiger partial charge in [-0.2, -0.15) is 0 Å². The van der Waals surface area contributed by atoms with Crippen LogP contribution < -0.4 is 15.4 Å². The first-order valence-electron chi connectivity index (χ1n) is 9.85. The van der Waals surface area contributed by atoms with Crippen LogP contribution in [0.4, 0.5) is 5.69 Å². The van der Waals surface area contributed by atoms with E-state index < -0.39 is 0 Å². The topological polar surface area (TPSA) is 76.4 Å². The zero-order valence-electron chi connectivity index (χ0n) is 17.4. The van der Waals surface area contributed by atoms with Gasteiger partial charge in [-0.15, -0.1) is 0 Å². The minimum absolute atomic E-state index is 0.140. The number of nitrogens with one attached hydrogen (secondary N) is 2. The molecule has 8 heteroatoms. The molecular formula is C24H20ClN3O3S.